The summed E-state index contributed by atoms with van der Waals surface area (Å²) in [6.07, 6.45) is 2.47. The zero-order valence-corrected chi connectivity index (χ0v) is 17.6. The highest BCUT2D eigenvalue weighted by Crippen LogP contribution is 2.22. The van der Waals surface area contributed by atoms with E-state index in [-0.39, 0.29) is 17.1 Å². The monoisotopic (exact) mass is 401 g/mol. The average Bonchev–Trinajstić information content (AvgIpc) is 3.15. The number of phenols is 1. The van der Waals surface area contributed by atoms with Crippen molar-refractivity contribution in [2.45, 2.75) is 46.1 Å². The Hall–Kier alpha value is -3.03. The van der Waals surface area contributed by atoms with Crippen LogP contribution in [0.15, 0.2) is 39.9 Å². The maximum Gasteiger partial charge on any atom is 0.251 e. The molecule has 1 aromatic carbocycles. The molecule has 8 nitrogen and oxygen atoms in total. The number of nitrogens with zero attached hydrogens (tertiary/aromatic N) is 2. The number of phenolic OH excluding ortho intramolecular Hbond substituents is 1. The second-order valence-corrected chi connectivity index (χ2v) is 7.65. The van der Waals surface area contributed by atoms with E-state index in [4.69, 9.17) is 4.42 Å². The molecular formula is C21H31N5O3. The number of carbonyl (C=O) groups excluding carboxylic acids is 1. The molecule has 0 fully saturated rings. The Morgan fingerprint density at radius 2 is 1.97 bits per heavy atom. The number of hydrogen-bond acceptors (Lipinski definition) is 5. The molecule has 0 radical (unpaired) electrons. The van der Waals surface area contributed by atoms with Gasteiger partial charge in [-0.05, 0) is 31.5 Å². The molecule has 0 saturated heterocycles. The lowest BCUT2D eigenvalue weighted by molar-refractivity contribution is 0.0953. The second-order valence-electron chi connectivity index (χ2n) is 7.65. The molecule has 0 saturated carbocycles. The maximum atomic E-state index is 12.0. The van der Waals surface area contributed by atoms with Crippen molar-refractivity contribution in [1.82, 2.24) is 20.9 Å². The number of aliphatic imine (C=N–C) groups is 1. The standard InChI is InChI=1S/C21H31N5O3/c1-5-22-20(26-14-18-25-13-17(29-18)21(2,3)4)24-11-7-10-23-19(28)15-8-6-9-16(27)12-15/h6,8-9,12-13,27H,5,7,10-11,14H2,1-4H3,(H,23,28)(H2,22,24,26). The minimum atomic E-state index is -0.208. The van der Waals surface area contributed by atoms with Crippen LogP contribution in [0.1, 0.15) is 56.1 Å². The van der Waals surface area contributed by atoms with Gasteiger partial charge in [-0.3, -0.25) is 4.79 Å². The first-order valence-electron chi connectivity index (χ1n) is 9.84. The van der Waals surface area contributed by atoms with Crippen molar-refractivity contribution in [3.8, 4) is 5.75 Å². The van der Waals surface area contributed by atoms with E-state index in [1.54, 1.807) is 18.3 Å². The molecule has 1 amide bonds. The van der Waals surface area contributed by atoms with Crippen LogP contribution in [0.25, 0.3) is 0 Å². The normalized spacial score (nSPS) is 11.9. The molecule has 2 aromatic rings. The van der Waals surface area contributed by atoms with Crippen molar-refractivity contribution < 1.29 is 14.3 Å². The maximum absolute atomic E-state index is 12.0. The number of aromatic nitrogens is 1. The van der Waals surface area contributed by atoms with Crippen LogP contribution in [0.4, 0.5) is 0 Å². The van der Waals surface area contributed by atoms with Crippen molar-refractivity contribution in [2.24, 2.45) is 4.99 Å². The van der Waals surface area contributed by atoms with E-state index >= 15 is 0 Å². The van der Waals surface area contributed by atoms with E-state index in [2.05, 4.69) is 46.7 Å². The number of benzene rings is 1. The van der Waals surface area contributed by atoms with Gasteiger partial charge in [0.1, 0.15) is 18.1 Å². The molecule has 0 aliphatic rings. The van der Waals surface area contributed by atoms with Gasteiger partial charge in [0.15, 0.2) is 5.96 Å². The van der Waals surface area contributed by atoms with Gasteiger partial charge in [-0.25, -0.2) is 9.98 Å². The zero-order valence-electron chi connectivity index (χ0n) is 17.6. The highest BCUT2D eigenvalue weighted by molar-refractivity contribution is 5.94. The number of amides is 1. The summed E-state index contributed by atoms with van der Waals surface area (Å²) in [5.41, 5.74) is 0.356. The van der Waals surface area contributed by atoms with E-state index in [0.29, 0.717) is 37.0 Å². The molecule has 0 unspecified atom stereocenters. The molecule has 4 N–H and O–H groups in total. The molecule has 0 spiro atoms. The summed E-state index contributed by atoms with van der Waals surface area (Å²) < 4.78 is 5.76. The predicted molar refractivity (Wildman–Crippen MR) is 113 cm³/mol. The Bertz CT molecular complexity index is 824. The van der Waals surface area contributed by atoms with Gasteiger partial charge in [0.05, 0.1) is 6.20 Å². The molecule has 2 rings (SSSR count). The van der Waals surface area contributed by atoms with Gasteiger partial charge in [-0.1, -0.05) is 26.8 Å². The third-order valence-corrected chi connectivity index (χ3v) is 4.05. The molecule has 0 aliphatic carbocycles. The number of oxazole rings is 1. The average molecular weight is 402 g/mol. The summed E-state index contributed by atoms with van der Waals surface area (Å²) in [6.45, 7) is 10.5. The summed E-state index contributed by atoms with van der Waals surface area (Å²) in [5.74, 6) is 1.95. The number of guanidine groups is 1. The van der Waals surface area contributed by atoms with Gasteiger partial charge in [0, 0.05) is 30.6 Å². The molecule has 0 atom stereocenters. The lowest BCUT2D eigenvalue weighted by atomic mass is 9.94. The molecule has 1 aromatic heterocycles. The molecular weight excluding hydrogens is 370 g/mol. The minimum Gasteiger partial charge on any atom is -0.508 e. The Labute approximate surface area is 171 Å². The van der Waals surface area contributed by atoms with Crippen LogP contribution in [0.2, 0.25) is 0 Å². The van der Waals surface area contributed by atoms with Gasteiger partial charge >= 0.3 is 0 Å². The second kappa shape index (κ2) is 10.5. The molecule has 0 aliphatic heterocycles. The van der Waals surface area contributed by atoms with Crippen LogP contribution >= 0.6 is 0 Å². The van der Waals surface area contributed by atoms with E-state index in [0.717, 1.165) is 18.7 Å². The fourth-order valence-corrected chi connectivity index (χ4v) is 2.46. The third-order valence-electron chi connectivity index (χ3n) is 4.05. The SMILES string of the molecule is CCNC(=NCc1ncc(C(C)(C)C)o1)NCCCNC(=O)c1cccc(O)c1. The molecule has 158 valence electrons. The fraction of sp³-hybridized carbons (Fsp3) is 0.476. The van der Waals surface area contributed by atoms with Crippen LogP contribution in [0.5, 0.6) is 5.75 Å². The van der Waals surface area contributed by atoms with Crippen LogP contribution in [-0.4, -0.2) is 41.6 Å². The van der Waals surface area contributed by atoms with Crippen LogP contribution in [0, 0.1) is 0 Å². The number of hydrogen-bond donors (Lipinski definition) is 4. The van der Waals surface area contributed by atoms with Gasteiger partial charge in [0.2, 0.25) is 5.89 Å². The topological polar surface area (TPSA) is 112 Å². The van der Waals surface area contributed by atoms with Crippen molar-refractivity contribution in [3.63, 3.8) is 0 Å². The van der Waals surface area contributed by atoms with Gasteiger partial charge < -0.3 is 25.5 Å². The van der Waals surface area contributed by atoms with Crippen LogP contribution in [0.3, 0.4) is 0 Å². The third kappa shape index (κ3) is 7.48. The largest absolute Gasteiger partial charge is 0.508 e. The van der Waals surface area contributed by atoms with Crippen molar-refractivity contribution in [3.05, 3.63) is 47.7 Å². The summed E-state index contributed by atoms with van der Waals surface area (Å²) in [5, 5.41) is 18.7. The minimum absolute atomic E-state index is 0.0754. The summed E-state index contributed by atoms with van der Waals surface area (Å²) in [6, 6.07) is 6.28. The first-order chi connectivity index (χ1) is 13.8. The molecule has 8 heteroatoms. The molecule has 1 heterocycles. The number of aromatic hydroxyl groups is 1. The Balaban J connectivity index is 1.76. The highest BCUT2D eigenvalue weighted by Gasteiger charge is 2.19. The first-order valence-corrected chi connectivity index (χ1v) is 9.84. The number of nitrogens with one attached hydrogen (secondary N) is 3. The fourth-order valence-electron chi connectivity index (χ4n) is 2.46. The van der Waals surface area contributed by atoms with E-state index < -0.39 is 0 Å². The van der Waals surface area contributed by atoms with E-state index in [9.17, 15) is 9.90 Å². The number of rotatable bonds is 8. The Kier molecular flexibility index (Phi) is 8.06. The molecule has 29 heavy (non-hydrogen) atoms. The Morgan fingerprint density at radius 1 is 1.21 bits per heavy atom. The lowest BCUT2D eigenvalue weighted by Crippen LogP contribution is -2.38. The summed E-state index contributed by atoms with van der Waals surface area (Å²) in [4.78, 5) is 20.8. The van der Waals surface area contributed by atoms with Crippen molar-refractivity contribution in [1.29, 1.82) is 0 Å². The first kappa shape index (κ1) is 22.3. The van der Waals surface area contributed by atoms with Crippen LogP contribution in [-0.2, 0) is 12.0 Å². The van der Waals surface area contributed by atoms with Gasteiger partial charge in [-0.15, -0.1) is 0 Å². The molecule has 0 bridgehead atoms. The Morgan fingerprint density at radius 3 is 2.62 bits per heavy atom. The van der Waals surface area contributed by atoms with Gasteiger partial charge in [0.25, 0.3) is 5.91 Å². The van der Waals surface area contributed by atoms with Crippen molar-refractivity contribution >= 4 is 11.9 Å². The smallest absolute Gasteiger partial charge is 0.251 e. The van der Waals surface area contributed by atoms with Crippen LogP contribution < -0.4 is 16.0 Å². The predicted octanol–water partition coefficient (Wildman–Crippen LogP) is 2.55. The van der Waals surface area contributed by atoms with E-state index in [1.165, 1.54) is 12.1 Å². The van der Waals surface area contributed by atoms with Crippen molar-refractivity contribution in [2.75, 3.05) is 19.6 Å². The number of carbonyl (C=O) groups is 1. The summed E-state index contributed by atoms with van der Waals surface area (Å²) in [7, 11) is 0. The van der Waals surface area contributed by atoms with Gasteiger partial charge in [-0.2, -0.15) is 0 Å². The zero-order chi connectivity index (χ0) is 21.3. The lowest BCUT2D eigenvalue weighted by Gasteiger charge is -2.13. The quantitative estimate of drug-likeness (QED) is 0.307. The van der Waals surface area contributed by atoms with E-state index in [1.807, 2.05) is 6.92 Å². The summed E-state index contributed by atoms with van der Waals surface area (Å²) >= 11 is 0. The highest BCUT2D eigenvalue weighted by atomic mass is 16.4.